The first-order valence-electron chi connectivity index (χ1n) is 5.93. The third-order valence-electron chi connectivity index (χ3n) is 3.98. The lowest BCUT2D eigenvalue weighted by molar-refractivity contribution is 0.101. The summed E-state index contributed by atoms with van der Waals surface area (Å²) in [5, 5.41) is 9.28. The van der Waals surface area contributed by atoms with Gasteiger partial charge in [-0.1, -0.05) is 6.42 Å². The Kier molecular flexibility index (Phi) is 3.42. The van der Waals surface area contributed by atoms with E-state index < -0.39 is 0 Å². The van der Waals surface area contributed by atoms with Crippen molar-refractivity contribution < 1.29 is 5.11 Å². The summed E-state index contributed by atoms with van der Waals surface area (Å²) in [7, 11) is 0. The van der Waals surface area contributed by atoms with Gasteiger partial charge in [0.05, 0.1) is 6.61 Å². The normalized spacial score (nSPS) is 39.4. The van der Waals surface area contributed by atoms with E-state index in [4.69, 9.17) is 5.73 Å². The second-order valence-corrected chi connectivity index (χ2v) is 4.71. The highest BCUT2D eigenvalue weighted by molar-refractivity contribution is 4.91. The summed E-state index contributed by atoms with van der Waals surface area (Å²) in [6.07, 6.45) is 6.32. The Morgan fingerprint density at radius 2 is 2.07 bits per heavy atom. The predicted octanol–water partition coefficient (Wildman–Crippen LogP) is 0.570. The van der Waals surface area contributed by atoms with E-state index in [-0.39, 0.29) is 0 Å². The third-order valence-corrected chi connectivity index (χ3v) is 3.98. The summed E-state index contributed by atoms with van der Waals surface area (Å²) in [5.74, 6) is 0.683. The van der Waals surface area contributed by atoms with E-state index in [1.807, 2.05) is 0 Å². The van der Waals surface area contributed by atoms with E-state index in [0.29, 0.717) is 24.6 Å². The monoisotopic (exact) mass is 198 g/mol. The smallest absolute Gasteiger partial charge is 0.0586 e. The molecule has 0 spiro atoms. The molecule has 0 aromatic rings. The summed E-state index contributed by atoms with van der Waals surface area (Å²) in [5.41, 5.74) is 5.79. The van der Waals surface area contributed by atoms with Crippen LogP contribution in [0.3, 0.4) is 0 Å². The maximum absolute atomic E-state index is 9.28. The quantitative estimate of drug-likeness (QED) is 0.697. The minimum Gasteiger partial charge on any atom is -0.395 e. The molecule has 0 aromatic carbocycles. The number of aliphatic hydroxyl groups is 1. The van der Waals surface area contributed by atoms with Crippen LogP contribution in [0.2, 0.25) is 0 Å². The maximum Gasteiger partial charge on any atom is 0.0586 e. The van der Waals surface area contributed by atoms with Gasteiger partial charge in [-0.15, -0.1) is 0 Å². The van der Waals surface area contributed by atoms with E-state index >= 15 is 0 Å². The summed E-state index contributed by atoms with van der Waals surface area (Å²) in [6, 6.07) is 1.09. The molecule has 3 atom stereocenters. The highest BCUT2D eigenvalue weighted by Crippen LogP contribution is 2.33. The summed E-state index contributed by atoms with van der Waals surface area (Å²) in [4.78, 5) is 2.52. The second-order valence-electron chi connectivity index (χ2n) is 4.71. The molecule has 3 heteroatoms. The van der Waals surface area contributed by atoms with Crippen LogP contribution in [0.15, 0.2) is 0 Å². The molecule has 0 bridgehead atoms. The SMILES string of the molecule is NCC1CCCC1N1CCC[C@H]1CO. The average Bonchev–Trinajstić information content (AvgIpc) is 2.85. The molecule has 0 aromatic heterocycles. The molecule has 2 aliphatic rings. The standard InChI is InChI=1S/C11H22N2O/c12-7-9-3-1-5-11(9)13-6-2-4-10(13)8-14/h9-11,14H,1-8,12H2/t9?,10-,11?/m0/s1. The molecule has 1 heterocycles. The van der Waals surface area contributed by atoms with Crippen molar-refractivity contribution in [2.75, 3.05) is 19.7 Å². The van der Waals surface area contributed by atoms with E-state index in [0.717, 1.165) is 6.54 Å². The van der Waals surface area contributed by atoms with E-state index in [2.05, 4.69) is 4.90 Å². The van der Waals surface area contributed by atoms with Gasteiger partial charge in [0.15, 0.2) is 0 Å². The van der Waals surface area contributed by atoms with Gasteiger partial charge in [0.25, 0.3) is 0 Å². The molecule has 1 aliphatic carbocycles. The molecule has 14 heavy (non-hydrogen) atoms. The van der Waals surface area contributed by atoms with Gasteiger partial charge in [-0.3, -0.25) is 4.90 Å². The molecule has 1 aliphatic heterocycles. The molecule has 0 radical (unpaired) electrons. The number of rotatable bonds is 3. The lowest BCUT2D eigenvalue weighted by Gasteiger charge is -2.33. The lowest BCUT2D eigenvalue weighted by atomic mass is 10.0. The Labute approximate surface area is 86.3 Å². The highest BCUT2D eigenvalue weighted by Gasteiger charge is 2.36. The van der Waals surface area contributed by atoms with Crippen molar-refractivity contribution in [3.8, 4) is 0 Å². The van der Waals surface area contributed by atoms with Crippen molar-refractivity contribution in [1.82, 2.24) is 4.90 Å². The van der Waals surface area contributed by atoms with Gasteiger partial charge in [0, 0.05) is 12.1 Å². The Morgan fingerprint density at radius 3 is 2.79 bits per heavy atom. The zero-order valence-corrected chi connectivity index (χ0v) is 8.86. The first-order chi connectivity index (χ1) is 6.86. The number of nitrogens with zero attached hydrogens (tertiary/aromatic N) is 1. The van der Waals surface area contributed by atoms with Crippen molar-refractivity contribution in [1.29, 1.82) is 0 Å². The van der Waals surface area contributed by atoms with Crippen molar-refractivity contribution in [3.05, 3.63) is 0 Å². The molecule has 3 nitrogen and oxygen atoms in total. The lowest BCUT2D eigenvalue weighted by Crippen LogP contribution is -2.44. The highest BCUT2D eigenvalue weighted by atomic mass is 16.3. The van der Waals surface area contributed by atoms with Gasteiger partial charge >= 0.3 is 0 Å². The van der Waals surface area contributed by atoms with Crippen LogP contribution in [0.5, 0.6) is 0 Å². The van der Waals surface area contributed by atoms with Crippen LogP contribution in [0.1, 0.15) is 32.1 Å². The van der Waals surface area contributed by atoms with Crippen molar-refractivity contribution >= 4 is 0 Å². The van der Waals surface area contributed by atoms with E-state index in [9.17, 15) is 5.11 Å². The van der Waals surface area contributed by atoms with Gasteiger partial charge in [-0.25, -0.2) is 0 Å². The number of nitrogens with two attached hydrogens (primary N) is 1. The Hall–Kier alpha value is -0.120. The molecule has 0 amide bonds. The van der Waals surface area contributed by atoms with Gasteiger partial charge in [-0.05, 0) is 44.7 Å². The van der Waals surface area contributed by atoms with Gasteiger partial charge in [-0.2, -0.15) is 0 Å². The van der Waals surface area contributed by atoms with Crippen LogP contribution >= 0.6 is 0 Å². The molecule has 3 N–H and O–H groups in total. The van der Waals surface area contributed by atoms with Crippen LogP contribution in [0.4, 0.5) is 0 Å². The minimum absolute atomic E-state index is 0.327. The zero-order valence-electron chi connectivity index (χ0n) is 8.86. The van der Waals surface area contributed by atoms with Crippen LogP contribution in [0, 0.1) is 5.92 Å². The number of hydrogen-bond acceptors (Lipinski definition) is 3. The summed E-state index contributed by atoms with van der Waals surface area (Å²) >= 11 is 0. The molecular weight excluding hydrogens is 176 g/mol. The van der Waals surface area contributed by atoms with E-state index in [1.165, 1.54) is 38.6 Å². The van der Waals surface area contributed by atoms with Crippen molar-refractivity contribution in [3.63, 3.8) is 0 Å². The Morgan fingerprint density at radius 1 is 1.21 bits per heavy atom. The number of aliphatic hydroxyl groups excluding tert-OH is 1. The molecule has 1 saturated heterocycles. The fourth-order valence-electron chi connectivity index (χ4n) is 3.22. The summed E-state index contributed by atoms with van der Waals surface area (Å²) in [6.45, 7) is 2.32. The van der Waals surface area contributed by atoms with Crippen LogP contribution < -0.4 is 5.73 Å². The molecule has 82 valence electrons. The fourth-order valence-corrected chi connectivity index (χ4v) is 3.22. The Balaban J connectivity index is 1.98. The Bertz CT molecular complexity index is 166. The van der Waals surface area contributed by atoms with Crippen LogP contribution in [0.25, 0.3) is 0 Å². The average molecular weight is 198 g/mol. The van der Waals surface area contributed by atoms with Crippen LogP contribution in [-0.4, -0.2) is 41.8 Å². The molecule has 1 saturated carbocycles. The first kappa shape index (κ1) is 10.4. The molecule has 2 fully saturated rings. The van der Waals surface area contributed by atoms with Gasteiger partial charge < -0.3 is 10.8 Å². The molecular formula is C11H22N2O. The van der Waals surface area contributed by atoms with Gasteiger partial charge in [0.1, 0.15) is 0 Å². The maximum atomic E-state index is 9.28. The minimum atomic E-state index is 0.327. The zero-order chi connectivity index (χ0) is 9.97. The summed E-state index contributed by atoms with van der Waals surface area (Å²) < 4.78 is 0. The topological polar surface area (TPSA) is 49.5 Å². The predicted molar refractivity (Wildman–Crippen MR) is 57.0 cm³/mol. The fraction of sp³-hybridized carbons (Fsp3) is 1.00. The van der Waals surface area contributed by atoms with Crippen molar-refractivity contribution in [2.45, 2.75) is 44.2 Å². The number of hydrogen-bond donors (Lipinski definition) is 2. The van der Waals surface area contributed by atoms with Gasteiger partial charge in [0.2, 0.25) is 0 Å². The van der Waals surface area contributed by atoms with E-state index in [1.54, 1.807) is 0 Å². The largest absolute Gasteiger partial charge is 0.395 e. The van der Waals surface area contributed by atoms with Crippen molar-refractivity contribution in [2.24, 2.45) is 11.7 Å². The molecule has 2 unspecified atom stereocenters. The van der Waals surface area contributed by atoms with Crippen LogP contribution in [-0.2, 0) is 0 Å². The third kappa shape index (κ3) is 1.81. The number of likely N-dealkylation sites (tertiary alicyclic amines) is 1. The second kappa shape index (κ2) is 4.60. The first-order valence-corrected chi connectivity index (χ1v) is 5.93. The molecule has 2 rings (SSSR count).